The quantitative estimate of drug-likeness (QED) is 0.581. The number of nitrogens with one attached hydrogen (secondary N) is 1. The Hall–Kier alpha value is -2.44. The molecular formula is C24H26ClN3O2S. The van der Waals surface area contributed by atoms with E-state index in [1.165, 1.54) is 4.70 Å². The molecule has 0 spiro atoms. The minimum absolute atomic E-state index is 0.0269. The van der Waals surface area contributed by atoms with E-state index >= 15 is 0 Å². The summed E-state index contributed by atoms with van der Waals surface area (Å²) in [6.07, 6.45) is 1.77. The molecule has 0 aliphatic carbocycles. The number of hydrogen-bond acceptors (Lipinski definition) is 4. The van der Waals surface area contributed by atoms with Crippen molar-refractivity contribution in [3.8, 4) is 0 Å². The lowest BCUT2D eigenvalue weighted by atomic mass is 9.95. The van der Waals surface area contributed by atoms with Gasteiger partial charge in [-0.2, -0.15) is 0 Å². The Labute approximate surface area is 191 Å². The Morgan fingerprint density at radius 1 is 1.10 bits per heavy atom. The van der Waals surface area contributed by atoms with Crippen molar-refractivity contribution >= 4 is 45.0 Å². The number of amides is 2. The maximum absolute atomic E-state index is 13.2. The summed E-state index contributed by atoms with van der Waals surface area (Å²) in [6, 6.07) is 14.5. The fourth-order valence-corrected chi connectivity index (χ4v) is 5.34. The number of carbonyl (C=O) groups excluding carboxylic acids is 2. The predicted molar refractivity (Wildman–Crippen MR) is 126 cm³/mol. The number of para-hydroxylation sites is 1. The maximum atomic E-state index is 13.2. The van der Waals surface area contributed by atoms with Crippen LogP contribution < -0.4 is 5.32 Å². The monoisotopic (exact) mass is 455 g/mol. The normalized spacial score (nSPS) is 15.9. The molecule has 1 unspecified atom stereocenters. The molecule has 2 aromatic carbocycles. The van der Waals surface area contributed by atoms with Crippen LogP contribution >= 0.6 is 22.9 Å². The molecule has 2 heterocycles. The van der Waals surface area contributed by atoms with E-state index in [-0.39, 0.29) is 17.7 Å². The molecule has 1 aliphatic rings. The number of hydrogen-bond donors (Lipinski definition) is 1. The highest BCUT2D eigenvalue weighted by atomic mass is 35.5. The van der Waals surface area contributed by atoms with E-state index < -0.39 is 6.04 Å². The van der Waals surface area contributed by atoms with Crippen LogP contribution in [0, 0.1) is 5.92 Å². The molecule has 1 fully saturated rings. The number of nitrogens with zero attached hydrogens (tertiary/aromatic N) is 2. The third-order valence-corrected chi connectivity index (χ3v) is 7.33. The molecule has 31 heavy (non-hydrogen) atoms. The molecule has 1 aliphatic heterocycles. The highest BCUT2D eigenvalue weighted by Gasteiger charge is 2.32. The third-order valence-electron chi connectivity index (χ3n) is 5.80. The Morgan fingerprint density at radius 3 is 2.45 bits per heavy atom. The molecule has 4 rings (SSSR count). The van der Waals surface area contributed by atoms with E-state index in [1.54, 1.807) is 35.6 Å². The molecule has 5 nitrogen and oxygen atoms in total. The molecule has 0 bridgehead atoms. The zero-order valence-electron chi connectivity index (χ0n) is 17.7. The number of thiazole rings is 1. The summed E-state index contributed by atoms with van der Waals surface area (Å²) in [5.41, 5.74) is 1.43. The van der Waals surface area contributed by atoms with E-state index in [9.17, 15) is 9.59 Å². The zero-order valence-corrected chi connectivity index (χ0v) is 19.2. The molecular weight excluding hydrogens is 430 g/mol. The van der Waals surface area contributed by atoms with Crippen LogP contribution in [0.25, 0.3) is 10.2 Å². The molecule has 1 N–H and O–H groups in total. The Balaban J connectivity index is 1.41. The molecule has 1 atom stereocenters. The van der Waals surface area contributed by atoms with E-state index in [0.29, 0.717) is 29.6 Å². The van der Waals surface area contributed by atoms with Gasteiger partial charge in [-0.05, 0) is 43.0 Å². The average Bonchev–Trinajstić information content (AvgIpc) is 3.21. The third kappa shape index (κ3) is 4.75. The van der Waals surface area contributed by atoms with E-state index in [0.717, 1.165) is 23.4 Å². The Morgan fingerprint density at radius 2 is 1.77 bits per heavy atom. The van der Waals surface area contributed by atoms with Crippen LogP contribution in [0.4, 0.5) is 0 Å². The molecule has 0 radical (unpaired) electrons. The smallest absolute Gasteiger partial charge is 0.253 e. The van der Waals surface area contributed by atoms with Gasteiger partial charge >= 0.3 is 0 Å². The summed E-state index contributed by atoms with van der Waals surface area (Å²) in [5, 5.41) is 4.44. The lowest BCUT2D eigenvalue weighted by Crippen LogP contribution is -2.52. The van der Waals surface area contributed by atoms with Crippen molar-refractivity contribution in [1.29, 1.82) is 0 Å². The molecule has 0 saturated carbocycles. The summed E-state index contributed by atoms with van der Waals surface area (Å²) in [5.74, 6) is -0.00208. The Kier molecular flexibility index (Phi) is 6.58. The van der Waals surface area contributed by atoms with Crippen LogP contribution in [0.5, 0.6) is 0 Å². The summed E-state index contributed by atoms with van der Waals surface area (Å²) >= 11 is 7.90. The van der Waals surface area contributed by atoms with Gasteiger partial charge in [0.05, 0.1) is 25.8 Å². The minimum Gasteiger partial charge on any atom is -0.341 e. The first kappa shape index (κ1) is 21.8. The van der Waals surface area contributed by atoms with Crippen LogP contribution in [-0.4, -0.2) is 40.8 Å². The number of rotatable bonds is 5. The fourth-order valence-electron chi connectivity index (χ4n) is 3.99. The molecule has 7 heteroatoms. The van der Waals surface area contributed by atoms with Crippen LogP contribution in [0.3, 0.4) is 0 Å². The number of fused-ring (bicyclic) bond motifs is 1. The van der Waals surface area contributed by atoms with Gasteiger partial charge in [-0.3, -0.25) is 9.59 Å². The van der Waals surface area contributed by atoms with Gasteiger partial charge in [0.15, 0.2) is 0 Å². The number of carbonyl (C=O) groups is 2. The van der Waals surface area contributed by atoms with Gasteiger partial charge < -0.3 is 10.2 Å². The van der Waals surface area contributed by atoms with Gasteiger partial charge in [-0.15, -0.1) is 11.3 Å². The van der Waals surface area contributed by atoms with Crippen molar-refractivity contribution in [2.45, 2.75) is 38.6 Å². The SMILES string of the molecule is CC(C)C(NC(=O)c1ccccc1Cl)C(=O)N1CCC(c2nc3ccccc3s2)CC1. The van der Waals surface area contributed by atoms with Crippen molar-refractivity contribution in [2.24, 2.45) is 5.92 Å². The molecule has 3 aromatic rings. The van der Waals surface area contributed by atoms with Crippen LogP contribution in [0.1, 0.15) is 48.0 Å². The van der Waals surface area contributed by atoms with Crippen LogP contribution in [0.15, 0.2) is 48.5 Å². The van der Waals surface area contributed by atoms with E-state index in [2.05, 4.69) is 11.4 Å². The first-order valence-electron chi connectivity index (χ1n) is 10.6. The summed E-state index contributed by atoms with van der Waals surface area (Å²) in [4.78, 5) is 32.6. The van der Waals surface area contributed by atoms with Crippen molar-refractivity contribution in [2.75, 3.05) is 13.1 Å². The first-order valence-corrected chi connectivity index (χ1v) is 11.8. The topological polar surface area (TPSA) is 62.3 Å². The Bertz CT molecular complexity index is 1060. The number of aromatic nitrogens is 1. The van der Waals surface area contributed by atoms with E-state index in [1.807, 2.05) is 36.9 Å². The first-order chi connectivity index (χ1) is 14.9. The lowest BCUT2D eigenvalue weighted by molar-refractivity contribution is -0.135. The fraction of sp³-hybridized carbons (Fsp3) is 0.375. The highest BCUT2D eigenvalue weighted by Crippen LogP contribution is 2.34. The molecule has 162 valence electrons. The molecule has 1 saturated heterocycles. The number of likely N-dealkylation sites (tertiary alicyclic amines) is 1. The van der Waals surface area contributed by atoms with Crippen LogP contribution in [-0.2, 0) is 4.79 Å². The molecule has 1 aromatic heterocycles. The second kappa shape index (κ2) is 9.37. The highest BCUT2D eigenvalue weighted by molar-refractivity contribution is 7.18. The van der Waals surface area contributed by atoms with Crippen molar-refractivity contribution < 1.29 is 9.59 Å². The minimum atomic E-state index is -0.581. The maximum Gasteiger partial charge on any atom is 0.253 e. The van der Waals surface area contributed by atoms with Gasteiger partial charge in [0, 0.05) is 19.0 Å². The summed E-state index contributed by atoms with van der Waals surface area (Å²) in [6.45, 7) is 5.24. The number of halogens is 1. The van der Waals surface area contributed by atoms with Crippen molar-refractivity contribution in [3.05, 3.63) is 64.1 Å². The number of benzene rings is 2. The average molecular weight is 456 g/mol. The second-order valence-corrected chi connectivity index (χ2v) is 9.76. The number of piperidine rings is 1. The van der Waals surface area contributed by atoms with Crippen molar-refractivity contribution in [1.82, 2.24) is 15.2 Å². The van der Waals surface area contributed by atoms with Gasteiger partial charge in [-0.25, -0.2) is 4.98 Å². The molecule has 2 amide bonds. The van der Waals surface area contributed by atoms with Crippen LogP contribution in [0.2, 0.25) is 5.02 Å². The summed E-state index contributed by atoms with van der Waals surface area (Å²) < 4.78 is 1.21. The van der Waals surface area contributed by atoms with Gasteiger partial charge in [0.2, 0.25) is 5.91 Å². The van der Waals surface area contributed by atoms with Gasteiger partial charge in [0.25, 0.3) is 5.91 Å². The van der Waals surface area contributed by atoms with E-state index in [4.69, 9.17) is 16.6 Å². The standard InChI is InChI=1S/C24H26ClN3O2S/c1-15(2)21(27-22(29)17-7-3-4-8-18(17)25)24(30)28-13-11-16(12-14-28)23-26-19-9-5-6-10-20(19)31-23/h3-10,15-16,21H,11-14H2,1-2H3,(H,27,29). The van der Waals surface area contributed by atoms with Crippen molar-refractivity contribution in [3.63, 3.8) is 0 Å². The zero-order chi connectivity index (χ0) is 22.0. The van der Waals surface area contributed by atoms with Gasteiger partial charge in [-0.1, -0.05) is 49.7 Å². The second-order valence-electron chi connectivity index (χ2n) is 8.29. The summed E-state index contributed by atoms with van der Waals surface area (Å²) in [7, 11) is 0. The van der Waals surface area contributed by atoms with Gasteiger partial charge in [0.1, 0.15) is 6.04 Å². The largest absolute Gasteiger partial charge is 0.341 e. The lowest BCUT2D eigenvalue weighted by Gasteiger charge is -2.35. The predicted octanol–water partition coefficient (Wildman–Crippen LogP) is 5.11.